The molecule has 3 fully saturated rings. The molecule has 2 aromatic rings. The summed E-state index contributed by atoms with van der Waals surface area (Å²) in [6.45, 7) is 2.15. The Balaban J connectivity index is 1.36. The summed E-state index contributed by atoms with van der Waals surface area (Å²) in [5.41, 5.74) is 0.741. The molecule has 2 aliphatic carbocycles. The molecule has 2 aliphatic heterocycles. The van der Waals surface area contributed by atoms with E-state index >= 15 is 0 Å². The van der Waals surface area contributed by atoms with Gasteiger partial charge in [-0.05, 0) is 48.3 Å². The topological polar surface area (TPSA) is 96.5 Å². The zero-order chi connectivity index (χ0) is 21.6. The Morgan fingerprint density at radius 1 is 1.16 bits per heavy atom. The molecule has 0 spiro atoms. The van der Waals surface area contributed by atoms with Crippen molar-refractivity contribution in [2.75, 3.05) is 12.0 Å². The molecule has 7 atom stereocenters. The first-order valence-corrected chi connectivity index (χ1v) is 12.1. The van der Waals surface area contributed by atoms with Crippen LogP contribution in [0.15, 0.2) is 34.1 Å². The van der Waals surface area contributed by atoms with Gasteiger partial charge in [-0.15, -0.1) is 11.8 Å². The van der Waals surface area contributed by atoms with E-state index in [2.05, 4.69) is 11.9 Å². The minimum atomic E-state index is -0.502. The highest BCUT2D eigenvalue weighted by atomic mass is 32.2. The number of nitrogens with one attached hydrogen (secondary N) is 1. The Morgan fingerprint density at radius 2 is 1.90 bits per heavy atom. The number of thiazole rings is 1. The molecule has 2 amide bonds. The average Bonchev–Trinajstić information content (AvgIpc) is 3.48. The third-order valence-corrected chi connectivity index (χ3v) is 10.3. The molecule has 0 unspecified atom stereocenters. The first-order valence-electron chi connectivity index (χ1n) is 10.4. The largest absolute Gasteiger partial charge is 0.465 e. The molecule has 1 aromatic carbocycles. The summed E-state index contributed by atoms with van der Waals surface area (Å²) in [5, 5.41) is 1.17. The fourth-order valence-electron chi connectivity index (χ4n) is 6.47. The van der Waals surface area contributed by atoms with Crippen molar-refractivity contribution in [1.29, 1.82) is 0 Å². The summed E-state index contributed by atoms with van der Waals surface area (Å²) in [6.07, 6.45) is 0.884. The second-order valence-electron chi connectivity index (χ2n) is 8.83. The minimum Gasteiger partial charge on any atom is -0.465 e. The number of methoxy groups -OCH3 is 1. The van der Waals surface area contributed by atoms with E-state index in [1.54, 1.807) is 36.0 Å². The van der Waals surface area contributed by atoms with Gasteiger partial charge in [-0.25, -0.2) is 4.79 Å². The van der Waals surface area contributed by atoms with Crippen LogP contribution in [-0.4, -0.2) is 35.1 Å². The third-order valence-electron chi connectivity index (χ3n) is 7.57. The number of nitrogens with zero attached hydrogens (tertiary/aromatic N) is 1. The van der Waals surface area contributed by atoms with Crippen molar-refractivity contribution >= 4 is 46.6 Å². The highest BCUT2D eigenvalue weighted by molar-refractivity contribution is 8.00. The molecule has 1 saturated heterocycles. The number of carbonyl (C=O) groups excluding carboxylic acids is 3. The summed E-state index contributed by atoms with van der Waals surface area (Å²) in [5.74, 6) is -0.735. The molecule has 7 nitrogen and oxygen atoms in total. The number of benzene rings is 1. The van der Waals surface area contributed by atoms with Crippen LogP contribution in [0.25, 0.3) is 0 Å². The van der Waals surface area contributed by atoms with Gasteiger partial charge in [-0.2, -0.15) is 0 Å². The molecule has 31 heavy (non-hydrogen) atoms. The maximum Gasteiger partial charge on any atom is 0.337 e. The van der Waals surface area contributed by atoms with E-state index in [1.165, 1.54) is 23.3 Å². The summed E-state index contributed by atoms with van der Waals surface area (Å²) in [4.78, 5) is 56.1. The third kappa shape index (κ3) is 2.47. The SMILES string of the molecule is COC(=O)c1cccc(N2C(=O)[C@@H]3[C@H]4C[C@@H]([C@@H]3C2=O)[C@H]2[C@@H]4Sc3[nH]c(=O)sc3[C@@H]2C)c1. The van der Waals surface area contributed by atoms with Crippen LogP contribution in [0.2, 0.25) is 0 Å². The Kier molecular flexibility index (Phi) is 4.08. The van der Waals surface area contributed by atoms with Crippen molar-refractivity contribution in [2.45, 2.75) is 29.5 Å². The number of H-pyrrole nitrogens is 1. The second-order valence-corrected chi connectivity index (χ2v) is 11.0. The smallest absolute Gasteiger partial charge is 0.337 e. The number of ether oxygens (including phenoxy) is 1. The molecule has 3 heterocycles. The van der Waals surface area contributed by atoms with E-state index in [1.807, 2.05) is 0 Å². The molecule has 2 saturated carbocycles. The van der Waals surface area contributed by atoms with Crippen molar-refractivity contribution in [3.05, 3.63) is 44.4 Å². The number of amides is 2. The number of thioether (sulfide) groups is 1. The molecule has 9 heteroatoms. The molecule has 1 aromatic heterocycles. The van der Waals surface area contributed by atoms with Crippen LogP contribution < -0.4 is 9.77 Å². The van der Waals surface area contributed by atoms with E-state index in [0.29, 0.717) is 11.3 Å². The van der Waals surface area contributed by atoms with Crippen LogP contribution in [0, 0.1) is 29.6 Å². The van der Waals surface area contributed by atoms with E-state index in [9.17, 15) is 19.2 Å². The van der Waals surface area contributed by atoms with E-state index < -0.39 is 5.97 Å². The van der Waals surface area contributed by atoms with Gasteiger partial charge in [-0.3, -0.25) is 19.3 Å². The lowest BCUT2D eigenvalue weighted by Crippen LogP contribution is -2.41. The fourth-order valence-corrected chi connectivity index (χ4v) is 9.42. The van der Waals surface area contributed by atoms with Gasteiger partial charge in [-0.1, -0.05) is 24.3 Å². The van der Waals surface area contributed by atoms with Crippen LogP contribution >= 0.6 is 23.1 Å². The quantitative estimate of drug-likeness (QED) is 0.551. The van der Waals surface area contributed by atoms with E-state index in [0.717, 1.165) is 16.3 Å². The van der Waals surface area contributed by atoms with Gasteiger partial charge >= 0.3 is 10.8 Å². The number of aromatic amines is 1. The fraction of sp³-hybridized carbons (Fsp3) is 0.455. The van der Waals surface area contributed by atoms with Crippen LogP contribution in [-0.2, 0) is 14.3 Å². The van der Waals surface area contributed by atoms with Gasteiger partial charge in [0, 0.05) is 10.1 Å². The summed E-state index contributed by atoms with van der Waals surface area (Å²) in [7, 11) is 1.30. The standard InChI is InChI=1S/C22H20N2O5S2/c1-8-13-11-7-12(17(13)30-18-16(8)31-22(28)23-18)15-14(11)19(25)24(20(15)26)10-5-3-4-9(6-10)21(27)29-2/h3-6,8,11-15,17H,7H2,1-2H3,(H,23,28)/t8-,11-,12-,13+,14+,15-,17-/m1/s1. The Bertz CT molecular complexity index is 1200. The number of aromatic nitrogens is 1. The molecule has 2 bridgehead atoms. The number of fused-ring (bicyclic) bond motifs is 9. The molecular formula is C22H20N2O5S2. The van der Waals surface area contributed by atoms with Gasteiger partial charge < -0.3 is 9.72 Å². The summed E-state index contributed by atoms with van der Waals surface area (Å²) >= 11 is 2.95. The first kappa shape index (κ1) is 19.3. The number of anilines is 1. The van der Waals surface area contributed by atoms with E-state index in [-0.39, 0.29) is 57.4 Å². The van der Waals surface area contributed by atoms with Gasteiger partial charge in [0.1, 0.15) is 0 Å². The number of carbonyl (C=O) groups is 3. The molecular weight excluding hydrogens is 436 g/mol. The Labute approximate surface area is 186 Å². The van der Waals surface area contributed by atoms with Crippen molar-refractivity contribution in [3.8, 4) is 0 Å². The second kappa shape index (κ2) is 6.56. The summed E-state index contributed by atoms with van der Waals surface area (Å²) < 4.78 is 4.78. The van der Waals surface area contributed by atoms with Gasteiger partial charge in [0.2, 0.25) is 11.8 Å². The normalized spacial score (nSPS) is 35.2. The molecule has 1 N–H and O–H groups in total. The number of hydrogen-bond acceptors (Lipinski definition) is 7. The predicted octanol–water partition coefficient (Wildman–Crippen LogP) is 2.87. The van der Waals surface area contributed by atoms with Crippen molar-refractivity contribution in [2.24, 2.45) is 29.6 Å². The van der Waals surface area contributed by atoms with Gasteiger partial charge in [0.25, 0.3) is 0 Å². The number of esters is 1. The monoisotopic (exact) mass is 456 g/mol. The minimum absolute atomic E-state index is 0.0410. The predicted molar refractivity (Wildman–Crippen MR) is 115 cm³/mol. The van der Waals surface area contributed by atoms with Crippen molar-refractivity contribution < 1.29 is 19.1 Å². The summed E-state index contributed by atoms with van der Waals surface area (Å²) in [6, 6.07) is 6.52. The lowest BCUT2D eigenvalue weighted by molar-refractivity contribution is -0.123. The maximum atomic E-state index is 13.5. The number of hydrogen-bond donors (Lipinski definition) is 1. The van der Waals surface area contributed by atoms with Crippen molar-refractivity contribution in [3.63, 3.8) is 0 Å². The molecule has 6 rings (SSSR count). The molecule has 4 aliphatic rings. The van der Waals surface area contributed by atoms with Crippen LogP contribution in [0.4, 0.5) is 5.69 Å². The average molecular weight is 457 g/mol. The molecule has 0 radical (unpaired) electrons. The highest BCUT2D eigenvalue weighted by Crippen LogP contribution is 2.67. The highest BCUT2D eigenvalue weighted by Gasteiger charge is 2.69. The number of rotatable bonds is 2. The van der Waals surface area contributed by atoms with E-state index in [4.69, 9.17) is 4.74 Å². The van der Waals surface area contributed by atoms with Gasteiger partial charge in [0.15, 0.2) is 0 Å². The Hall–Kier alpha value is -2.39. The van der Waals surface area contributed by atoms with Crippen LogP contribution in [0.1, 0.15) is 34.5 Å². The molecule has 160 valence electrons. The number of imide groups is 1. The maximum absolute atomic E-state index is 13.5. The lowest BCUT2D eigenvalue weighted by atomic mass is 9.70. The van der Waals surface area contributed by atoms with Crippen LogP contribution in [0.5, 0.6) is 0 Å². The van der Waals surface area contributed by atoms with Gasteiger partial charge in [0.05, 0.1) is 35.2 Å². The lowest BCUT2D eigenvalue weighted by Gasteiger charge is -2.41. The zero-order valence-corrected chi connectivity index (χ0v) is 18.5. The van der Waals surface area contributed by atoms with Crippen LogP contribution in [0.3, 0.4) is 0 Å². The first-order chi connectivity index (χ1) is 14.9. The Morgan fingerprint density at radius 3 is 2.65 bits per heavy atom. The zero-order valence-electron chi connectivity index (χ0n) is 16.9. The van der Waals surface area contributed by atoms with Crippen molar-refractivity contribution in [1.82, 2.24) is 4.98 Å².